The second-order valence-electron chi connectivity index (χ2n) is 4.43. The minimum Gasteiger partial charge on any atom is -0.480 e. The van der Waals surface area contributed by atoms with Crippen LogP contribution in [0.5, 0.6) is 0 Å². The summed E-state index contributed by atoms with van der Waals surface area (Å²) in [6.07, 6.45) is 1.25. The summed E-state index contributed by atoms with van der Waals surface area (Å²) in [7, 11) is 1.62. The third-order valence-electron chi connectivity index (χ3n) is 2.74. The molecule has 0 aromatic rings. The van der Waals surface area contributed by atoms with Crippen molar-refractivity contribution < 1.29 is 14.6 Å². The topological polar surface area (TPSA) is 58.6 Å². The lowest BCUT2D eigenvalue weighted by Crippen LogP contribution is -2.63. The maximum absolute atomic E-state index is 11.1. The molecule has 82 valence electrons. The number of hydrogen-bond acceptors (Lipinski definition) is 3. The molecule has 0 saturated heterocycles. The third-order valence-corrected chi connectivity index (χ3v) is 2.74. The molecule has 0 radical (unpaired) electrons. The van der Waals surface area contributed by atoms with Crippen molar-refractivity contribution in [2.75, 3.05) is 13.7 Å². The van der Waals surface area contributed by atoms with E-state index in [0.29, 0.717) is 18.8 Å². The van der Waals surface area contributed by atoms with Gasteiger partial charge in [0.1, 0.15) is 5.54 Å². The molecule has 1 aliphatic carbocycles. The zero-order valence-corrected chi connectivity index (χ0v) is 9.04. The van der Waals surface area contributed by atoms with Gasteiger partial charge in [-0.25, -0.2) is 0 Å². The molecular weight excluding hydrogens is 182 g/mol. The standard InChI is InChI=1S/C10H19NO3/c1-7(2)6-11-10(9(12)13)4-8(5-10)14-3/h7-8,11H,4-6H2,1-3H3,(H,12,13). The lowest BCUT2D eigenvalue weighted by Gasteiger charge is -2.44. The summed E-state index contributed by atoms with van der Waals surface area (Å²) < 4.78 is 5.10. The largest absolute Gasteiger partial charge is 0.480 e. The maximum Gasteiger partial charge on any atom is 0.324 e. The lowest BCUT2D eigenvalue weighted by molar-refractivity contribution is -0.156. The van der Waals surface area contributed by atoms with Crippen LogP contribution >= 0.6 is 0 Å². The molecule has 2 N–H and O–H groups in total. The molecule has 14 heavy (non-hydrogen) atoms. The van der Waals surface area contributed by atoms with Crippen molar-refractivity contribution in [1.29, 1.82) is 0 Å². The number of ether oxygens (including phenoxy) is 1. The van der Waals surface area contributed by atoms with Crippen LogP contribution in [-0.2, 0) is 9.53 Å². The number of rotatable bonds is 5. The van der Waals surface area contributed by atoms with E-state index < -0.39 is 11.5 Å². The monoisotopic (exact) mass is 201 g/mol. The Morgan fingerprint density at radius 3 is 2.57 bits per heavy atom. The predicted molar refractivity (Wildman–Crippen MR) is 53.2 cm³/mol. The molecule has 1 saturated carbocycles. The fourth-order valence-corrected chi connectivity index (χ4v) is 1.68. The molecule has 1 aliphatic rings. The summed E-state index contributed by atoms with van der Waals surface area (Å²) in [4.78, 5) is 11.1. The summed E-state index contributed by atoms with van der Waals surface area (Å²) in [5, 5.41) is 12.2. The summed E-state index contributed by atoms with van der Waals surface area (Å²) in [5.74, 6) is -0.292. The van der Waals surface area contributed by atoms with E-state index in [1.165, 1.54) is 0 Å². The number of carboxylic acid groups (broad SMARTS) is 1. The first kappa shape index (κ1) is 11.5. The first-order valence-electron chi connectivity index (χ1n) is 5.01. The molecule has 1 fully saturated rings. The zero-order valence-electron chi connectivity index (χ0n) is 9.04. The zero-order chi connectivity index (χ0) is 10.8. The van der Waals surface area contributed by atoms with Crippen molar-refractivity contribution >= 4 is 5.97 Å². The summed E-state index contributed by atoms with van der Waals surface area (Å²) in [6.45, 7) is 4.87. The Hall–Kier alpha value is -0.610. The maximum atomic E-state index is 11.1. The van der Waals surface area contributed by atoms with Crippen molar-refractivity contribution in [1.82, 2.24) is 5.32 Å². The molecular formula is C10H19NO3. The molecule has 4 nitrogen and oxygen atoms in total. The van der Waals surface area contributed by atoms with E-state index in [-0.39, 0.29) is 6.10 Å². The van der Waals surface area contributed by atoms with Gasteiger partial charge in [0, 0.05) is 20.0 Å². The van der Waals surface area contributed by atoms with Crippen LogP contribution in [0.2, 0.25) is 0 Å². The fraction of sp³-hybridized carbons (Fsp3) is 0.900. The van der Waals surface area contributed by atoms with Gasteiger partial charge in [-0.1, -0.05) is 13.8 Å². The Morgan fingerprint density at radius 1 is 1.64 bits per heavy atom. The number of carboxylic acids is 1. The normalized spacial score (nSPS) is 31.6. The van der Waals surface area contributed by atoms with Gasteiger partial charge in [0.2, 0.25) is 0 Å². The average molecular weight is 201 g/mol. The van der Waals surface area contributed by atoms with E-state index in [2.05, 4.69) is 19.2 Å². The van der Waals surface area contributed by atoms with Gasteiger partial charge < -0.3 is 15.2 Å². The Morgan fingerprint density at radius 2 is 2.21 bits per heavy atom. The van der Waals surface area contributed by atoms with Crippen molar-refractivity contribution in [2.45, 2.75) is 38.3 Å². The Balaban J connectivity index is 2.46. The fourth-order valence-electron chi connectivity index (χ4n) is 1.68. The van der Waals surface area contributed by atoms with Crippen molar-refractivity contribution in [3.63, 3.8) is 0 Å². The van der Waals surface area contributed by atoms with Crippen LogP contribution in [0, 0.1) is 5.92 Å². The summed E-state index contributed by atoms with van der Waals surface area (Å²) in [5.41, 5.74) is -0.731. The van der Waals surface area contributed by atoms with Gasteiger partial charge in [-0.15, -0.1) is 0 Å². The first-order valence-corrected chi connectivity index (χ1v) is 5.01. The van der Waals surface area contributed by atoms with Gasteiger partial charge in [-0.3, -0.25) is 4.79 Å². The molecule has 0 aromatic carbocycles. The van der Waals surface area contributed by atoms with Crippen LogP contribution in [0.15, 0.2) is 0 Å². The average Bonchev–Trinajstić information content (AvgIpc) is 2.01. The molecule has 0 amide bonds. The molecule has 0 aliphatic heterocycles. The molecule has 0 bridgehead atoms. The summed E-state index contributed by atoms with van der Waals surface area (Å²) in [6, 6.07) is 0. The van der Waals surface area contributed by atoms with E-state index in [0.717, 1.165) is 6.54 Å². The smallest absolute Gasteiger partial charge is 0.324 e. The van der Waals surface area contributed by atoms with Gasteiger partial charge in [-0.05, 0) is 12.5 Å². The SMILES string of the molecule is COC1CC(NCC(C)C)(C(=O)O)C1. The number of methoxy groups -OCH3 is 1. The van der Waals surface area contributed by atoms with Crippen molar-refractivity contribution in [3.05, 3.63) is 0 Å². The van der Waals surface area contributed by atoms with E-state index in [1.807, 2.05) is 0 Å². The van der Waals surface area contributed by atoms with Crippen molar-refractivity contribution in [3.8, 4) is 0 Å². The lowest BCUT2D eigenvalue weighted by atomic mass is 9.74. The number of hydrogen-bond donors (Lipinski definition) is 2. The van der Waals surface area contributed by atoms with Crippen molar-refractivity contribution in [2.24, 2.45) is 5.92 Å². The van der Waals surface area contributed by atoms with Gasteiger partial charge in [0.15, 0.2) is 0 Å². The predicted octanol–water partition coefficient (Wildman–Crippen LogP) is 0.864. The van der Waals surface area contributed by atoms with Crippen LogP contribution in [0.1, 0.15) is 26.7 Å². The molecule has 0 aromatic heterocycles. The van der Waals surface area contributed by atoms with Crippen LogP contribution in [0.4, 0.5) is 0 Å². The highest BCUT2D eigenvalue weighted by Crippen LogP contribution is 2.34. The van der Waals surface area contributed by atoms with Crippen LogP contribution in [0.25, 0.3) is 0 Å². The highest BCUT2D eigenvalue weighted by atomic mass is 16.5. The van der Waals surface area contributed by atoms with Gasteiger partial charge >= 0.3 is 5.97 Å². The molecule has 4 heteroatoms. The highest BCUT2D eigenvalue weighted by Gasteiger charge is 2.50. The minimum atomic E-state index is -0.758. The third kappa shape index (κ3) is 2.25. The second kappa shape index (κ2) is 4.28. The minimum absolute atomic E-state index is 0.103. The first-order chi connectivity index (χ1) is 6.50. The van der Waals surface area contributed by atoms with E-state index in [4.69, 9.17) is 9.84 Å². The van der Waals surface area contributed by atoms with Gasteiger partial charge in [0.05, 0.1) is 6.10 Å². The Labute approximate surface area is 84.6 Å². The molecule has 0 atom stereocenters. The Kier molecular flexibility index (Phi) is 3.50. The van der Waals surface area contributed by atoms with Gasteiger partial charge in [0.25, 0.3) is 0 Å². The summed E-state index contributed by atoms with van der Waals surface area (Å²) >= 11 is 0. The number of aliphatic carboxylic acids is 1. The van der Waals surface area contributed by atoms with E-state index in [1.54, 1.807) is 7.11 Å². The second-order valence-corrected chi connectivity index (χ2v) is 4.43. The molecule has 0 heterocycles. The molecule has 0 unspecified atom stereocenters. The van der Waals surface area contributed by atoms with Crippen LogP contribution < -0.4 is 5.32 Å². The van der Waals surface area contributed by atoms with Gasteiger partial charge in [-0.2, -0.15) is 0 Å². The quantitative estimate of drug-likeness (QED) is 0.692. The van der Waals surface area contributed by atoms with E-state index >= 15 is 0 Å². The molecule has 0 spiro atoms. The Bertz CT molecular complexity index is 209. The van der Waals surface area contributed by atoms with Crippen LogP contribution in [0.3, 0.4) is 0 Å². The highest BCUT2D eigenvalue weighted by molar-refractivity contribution is 5.80. The molecule has 1 rings (SSSR count). The van der Waals surface area contributed by atoms with E-state index in [9.17, 15) is 4.79 Å². The number of nitrogens with one attached hydrogen (secondary N) is 1. The number of carbonyl (C=O) groups is 1. The van der Waals surface area contributed by atoms with Crippen LogP contribution in [-0.4, -0.2) is 36.4 Å².